The molecule has 0 saturated carbocycles. The standard InChI is InChI=1S/C23H24N6O5/c1-13-18(11-29(2)28-13)27-22(30)9-17-19(31-3)6-14(10-24-17)34-23-15-7-20(32-4)21(33-5)8-16(15)25-12-26-23/h6-8,10-12H,9H2,1-5H3,(H,27,30). The molecule has 176 valence electrons. The van der Waals surface area contributed by atoms with Crippen LogP contribution in [0.15, 0.2) is 36.9 Å². The minimum atomic E-state index is -0.238. The van der Waals surface area contributed by atoms with Crippen LogP contribution in [0.4, 0.5) is 5.69 Å². The summed E-state index contributed by atoms with van der Waals surface area (Å²) in [6, 6.07) is 5.14. The molecule has 3 heterocycles. The lowest BCUT2D eigenvalue weighted by Crippen LogP contribution is -2.16. The van der Waals surface area contributed by atoms with Crippen molar-refractivity contribution >= 4 is 22.5 Å². The lowest BCUT2D eigenvalue weighted by atomic mass is 10.2. The van der Waals surface area contributed by atoms with Gasteiger partial charge < -0.3 is 24.3 Å². The molecule has 4 rings (SSSR count). The van der Waals surface area contributed by atoms with Crippen LogP contribution in [0.1, 0.15) is 11.4 Å². The van der Waals surface area contributed by atoms with Gasteiger partial charge in [-0.15, -0.1) is 0 Å². The first-order chi connectivity index (χ1) is 16.4. The average molecular weight is 464 g/mol. The van der Waals surface area contributed by atoms with Crippen molar-refractivity contribution in [2.24, 2.45) is 7.05 Å². The monoisotopic (exact) mass is 464 g/mol. The van der Waals surface area contributed by atoms with Crippen LogP contribution < -0.4 is 24.3 Å². The fraction of sp³-hybridized carbons (Fsp3) is 0.261. The Morgan fingerprint density at radius 1 is 1.00 bits per heavy atom. The highest BCUT2D eigenvalue weighted by Crippen LogP contribution is 2.36. The van der Waals surface area contributed by atoms with E-state index in [-0.39, 0.29) is 12.3 Å². The van der Waals surface area contributed by atoms with Gasteiger partial charge in [-0.05, 0) is 13.0 Å². The molecule has 0 aliphatic carbocycles. The molecule has 11 heteroatoms. The van der Waals surface area contributed by atoms with Gasteiger partial charge in [-0.1, -0.05) is 0 Å². The fourth-order valence-electron chi connectivity index (χ4n) is 3.44. The highest BCUT2D eigenvalue weighted by atomic mass is 16.5. The molecule has 4 aromatic rings. The summed E-state index contributed by atoms with van der Waals surface area (Å²) >= 11 is 0. The molecule has 0 spiro atoms. The van der Waals surface area contributed by atoms with Crippen LogP contribution in [0.3, 0.4) is 0 Å². The van der Waals surface area contributed by atoms with E-state index >= 15 is 0 Å². The van der Waals surface area contributed by atoms with Crippen molar-refractivity contribution in [2.45, 2.75) is 13.3 Å². The van der Waals surface area contributed by atoms with E-state index in [2.05, 4.69) is 25.4 Å². The summed E-state index contributed by atoms with van der Waals surface area (Å²) in [4.78, 5) is 25.4. The van der Waals surface area contributed by atoms with Gasteiger partial charge in [0.15, 0.2) is 17.2 Å². The third kappa shape index (κ3) is 4.68. The largest absolute Gasteiger partial charge is 0.495 e. The van der Waals surface area contributed by atoms with Gasteiger partial charge in [-0.2, -0.15) is 5.10 Å². The second kappa shape index (κ2) is 9.61. The summed E-state index contributed by atoms with van der Waals surface area (Å²) in [5.41, 5.74) is 2.47. The first-order valence-electron chi connectivity index (χ1n) is 10.3. The van der Waals surface area contributed by atoms with Crippen molar-refractivity contribution in [2.75, 3.05) is 26.6 Å². The predicted molar refractivity (Wildman–Crippen MR) is 124 cm³/mol. The number of nitrogens with one attached hydrogen (secondary N) is 1. The van der Waals surface area contributed by atoms with Crippen LogP contribution in [0.2, 0.25) is 0 Å². The van der Waals surface area contributed by atoms with Gasteiger partial charge in [-0.25, -0.2) is 9.97 Å². The van der Waals surface area contributed by atoms with Crippen molar-refractivity contribution < 1.29 is 23.7 Å². The van der Waals surface area contributed by atoms with Gasteiger partial charge in [0.2, 0.25) is 11.8 Å². The Bertz CT molecular complexity index is 1350. The maximum atomic E-state index is 12.5. The molecule has 0 radical (unpaired) electrons. The normalized spacial score (nSPS) is 10.7. The van der Waals surface area contributed by atoms with Gasteiger partial charge in [0.05, 0.1) is 61.9 Å². The van der Waals surface area contributed by atoms with Crippen LogP contribution in [0, 0.1) is 6.92 Å². The second-order valence-corrected chi connectivity index (χ2v) is 7.35. The molecular weight excluding hydrogens is 440 g/mol. The van der Waals surface area contributed by atoms with Crippen LogP contribution in [-0.2, 0) is 18.3 Å². The van der Waals surface area contributed by atoms with E-state index in [9.17, 15) is 4.79 Å². The zero-order chi connectivity index (χ0) is 24.2. The Morgan fingerprint density at radius 2 is 1.74 bits per heavy atom. The van der Waals surface area contributed by atoms with Crippen molar-refractivity contribution in [1.29, 1.82) is 0 Å². The summed E-state index contributed by atoms with van der Waals surface area (Å²) < 4.78 is 23.8. The number of carbonyl (C=O) groups excluding carboxylic acids is 1. The molecule has 0 aliphatic rings. The number of aromatic nitrogens is 5. The van der Waals surface area contributed by atoms with E-state index in [1.807, 2.05) is 6.92 Å². The number of hydrogen-bond donors (Lipinski definition) is 1. The lowest BCUT2D eigenvalue weighted by Gasteiger charge is -2.13. The number of fused-ring (bicyclic) bond motifs is 1. The molecule has 0 saturated heterocycles. The summed E-state index contributed by atoms with van der Waals surface area (Å²) in [5.74, 6) is 1.94. The fourth-order valence-corrected chi connectivity index (χ4v) is 3.44. The van der Waals surface area contributed by atoms with Crippen molar-refractivity contribution in [3.05, 3.63) is 48.3 Å². The van der Waals surface area contributed by atoms with Crippen LogP contribution in [-0.4, -0.2) is 52.0 Å². The number of carbonyl (C=O) groups is 1. The number of pyridine rings is 1. The van der Waals surface area contributed by atoms with E-state index < -0.39 is 0 Å². The average Bonchev–Trinajstić information content (AvgIpc) is 3.15. The minimum absolute atomic E-state index is 0.0191. The predicted octanol–water partition coefficient (Wildman–Crippen LogP) is 3.07. The smallest absolute Gasteiger partial charge is 0.230 e. The summed E-state index contributed by atoms with van der Waals surface area (Å²) in [5, 5.41) is 7.69. The molecule has 11 nitrogen and oxygen atoms in total. The Labute approximate surface area is 195 Å². The molecule has 3 aromatic heterocycles. The first-order valence-corrected chi connectivity index (χ1v) is 10.3. The maximum absolute atomic E-state index is 12.5. The number of methoxy groups -OCH3 is 3. The maximum Gasteiger partial charge on any atom is 0.230 e. The number of amides is 1. The molecule has 0 fully saturated rings. The van der Waals surface area contributed by atoms with Gasteiger partial charge in [0, 0.05) is 25.4 Å². The van der Waals surface area contributed by atoms with Crippen LogP contribution in [0.25, 0.3) is 10.9 Å². The molecule has 34 heavy (non-hydrogen) atoms. The van der Waals surface area contributed by atoms with Gasteiger partial charge >= 0.3 is 0 Å². The van der Waals surface area contributed by atoms with Gasteiger partial charge in [0.1, 0.15) is 12.1 Å². The molecule has 0 unspecified atom stereocenters. The Kier molecular flexibility index (Phi) is 6.44. The number of benzene rings is 1. The summed E-state index contributed by atoms with van der Waals surface area (Å²) in [7, 11) is 6.40. The minimum Gasteiger partial charge on any atom is -0.495 e. The summed E-state index contributed by atoms with van der Waals surface area (Å²) in [6.45, 7) is 1.82. The number of aryl methyl sites for hydroxylation is 2. The number of ether oxygens (including phenoxy) is 4. The third-order valence-corrected chi connectivity index (χ3v) is 5.06. The van der Waals surface area contributed by atoms with Gasteiger partial charge in [-0.3, -0.25) is 14.5 Å². The van der Waals surface area contributed by atoms with Crippen LogP contribution in [0.5, 0.6) is 28.9 Å². The SMILES string of the molecule is COc1cc2ncnc(Oc3cnc(CC(=O)Nc4cn(C)nc4C)c(OC)c3)c2cc1OC. The van der Waals surface area contributed by atoms with E-state index in [4.69, 9.17) is 18.9 Å². The Hall–Kier alpha value is -4.41. The van der Waals surface area contributed by atoms with E-state index in [1.54, 1.807) is 50.3 Å². The third-order valence-electron chi connectivity index (χ3n) is 5.06. The van der Waals surface area contributed by atoms with Gasteiger partial charge in [0.25, 0.3) is 0 Å². The second-order valence-electron chi connectivity index (χ2n) is 7.35. The highest BCUT2D eigenvalue weighted by Gasteiger charge is 2.16. The molecule has 1 aromatic carbocycles. The number of nitrogens with zero attached hydrogens (tertiary/aromatic N) is 5. The Morgan fingerprint density at radius 3 is 2.41 bits per heavy atom. The first kappa shape index (κ1) is 22.8. The van der Waals surface area contributed by atoms with E-state index in [1.165, 1.54) is 19.6 Å². The highest BCUT2D eigenvalue weighted by molar-refractivity contribution is 5.92. The van der Waals surface area contributed by atoms with E-state index in [0.29, 0.717) is 51.2 Å². The molecule has 1 N–H and O–H groups in total. The number of hydrogen-bond acceptors (Lipinski definition) is 9. The zero-order valence-corrected chi connectivity index (χ0v) is 19.4. The Balaban J connectivity index is 1.56. The molecule has 0 aliphatic heterocycles. The van der Waals surface area contributed by atoms with Crippen molar-refractivity contribution in [3.63, 3.8) is 0 Å². The number of anilines is 1. The zero-order valence-electron chi connectivity index (χ0n) is 19.4. The quantitative estimate of drug-likeness (QED) is 0.419. The van der Waals surface area contributed by atoms with Crippen molar-refractivity contribution in [3.8, 4) is 28.9 Å². The van der Waals surface area contributed by atoms with Crippen molar-refractivity contribution in [1.82, 2.24) is 24.7 Å². The van der Waals surface area contributed by atoms with E-state index in [0.717, 1.165) is 5.69 Å². The molecule has 1 amide bonds. The lowest BCUT2D eigenvalue weighted by molar-refractivity contribution is -0.115. The van der Waals surface area contributed by atoms with Crippen LogP contribution >= 0.6 is 0 Å². The molecule has 0 atom stereocenters. The topological polar surface area (TPSA) is 123 Å². The summed E-state index contributed by atoms with van der Waals surface area (Å²) in [6.07, 6.45) is 4.67. The number of rotatable bonds is 8. The molecule has 0 bridgehead atoms. The molecular formula is C23H24N6O5.